The Bertz CT molecular complexity index is 391. The van der Waals surface area contributed by atoms with Crippen LogP contribution in [0.3, 0.4) is 0 Å². The van der Waals surface area contributed by atoms with Gasteiger partial charge in [-0.25, -0.2) is 0 Å². The van der Waals surface area contributed by atoms with Crippen LogP contribution in [0.1, 0.15) is 56.2 Å². The number of aryl methyl sites for hydroxylation is 2. The average Bonchev–Trinajstić information content (AvgIpc) is 2.91. The molecule has 19 heavy (non-hydrogen) atoms. The largest absolute Gasteiger partial charge is 0.469 e. The van der Waals surface area contributed by atoms with Gasteiger partial charge in [-0.1, -0.05) is 32.1 Å². The second kappa shape index (κ2) is 7.37. The van der Waals surface area contributed by atoms with E-state index in [9.17, 15) is 4.79 Å². The Morgan fingerprint density at radius 2 is 2.11 bits per heavy atom. The molecule has 0 saturated heterocycles. The van der Waals surface area contributed by atoms with Gasteiger partial charge in [0, 0.05) is 11.9 Å². The van der Waals surface area contributed by atoms with E-state index in [1.165, 1.54) is 56.9 Å². The molecule has 0 aromatic carbocycles. The van der Waals surface area contributed by atoms with Gasteiger partial charge in [-0.3, -0.25) is 4.79 Å². The van der Waals surface area contributed by atoms with E-state index in [0.717, 1.165) is 18.8 Å². The highest BCUT2D eigenvalue weighted by Crippen LogP contribution is 2.28. The van der Waals surface area contributed by atoms with Gasteiger partial charge in [0.05, 0.1) is 13.5 Å². The lowest BCUT2D eigenvalue weighted by Crippen LogP contribution is -2.08. The molecule has 3 heteroatoms. The monoisotopic (exact) mass is 263 g/mol. The normalized spacial score (nSPS) is 16.5. The molecule has 0 unspecified atom stereocenters. The van der Waals surface area contributed by atoms with E-state index >= 15 is 0 Å². The molecule has 0 radical (unpaired) electrons. The van der Waals surface area contributed by atoms with Crippen LogP contribution in [0.4, 0.5) is 0 Å². The lowest BCUT2D eigenvalue weighted by Gasteiger charge is -2.21. The first-order valence-corrected chi connectivity index (χ1v) is 7.51. The first-order chi connectivity index (χ1) is 9.29. The van der Waals surface area contributed by atoms with Gasteiger partial charge in [0.2, 0.25) is 0 Å². The lowest BCUT2D eigenvalue weighted by molar-refractivity contribution is -0.140. The van der Waals surface area contributed by atoms with Gasteiger partial charge in [0.15, 0.2) is 0 Å². The summed E-state index contributed by atoms with van der Waals surface area (Å²) in [6.07, 6.45) is 12.7. The smallest absolute Gasteiger partial charge is 0.305 e. The summed E-state index contributed by atoms with van der Waals surface area (Å²) < 4.78 is 4.69. The van der Waals surface area contributed by atoms with Crippen LogP contribution in [0.5, 0.6) is 0 Å². The summed E-state index contributed by atoms with van der Waals surface area (Å²) in [4.78, 5) is 14.5. The number of rotatable bonds is 6. The molecule has 0 spiro atoms. The fraction of sp³-hybridized carbons (Fsp3) is 0.688. The van der Waals surface area contributed by atoms with Crippen molar-refractivity contribution >= 4 is 5.97 Å². The van der Waals surface area contributed by atoms with E-state index in [2.05, 4.69) is 11.1 Å². The molecule has 1 aromatic rings. The molecule has 1 heterocycles. The predicted molar refractivity (Wildman–Crippen MR) is 76.0 cm³/mol. The molecule has 0 aliphatic heterocycles. The quantitative estimate of drug-likeness (QED) is 0.796. The topological polar surface area (TPSA) is 42.1 Å². The Balaban J connectivity index is 1.79. The molecule has 1 fully saturated rings. The fourth-order valence-electron chi connectivity index (χ4n) is 3.07. The Morgan fingerprint density at radius 1 is 1.32 bits per heavy atom. The summed E-state index contributed by atoms with van der Waals surface area (Å²) in [6.45, 7) is 0. The summed E-state index contributed by atoms with van der Waals surface area (Å²) in [6, 6.07) is 2.16. The second-order valence-corrected chi connectivity index (χ2v) is 5.60. The average molecular weight is 263 g/mol. The van der Waals surface area contributed by atoms with Crippen molar-refractivity contribution in [3.05, 3.63) is 23.5 Å². The highest BCUT2D eigenvalue weighted by atomic mass is 16.5. The lowest BCUT2D eigenvalue weighted by atomic mass is 9.85. The fourth-order valence-corrected chi connectivity index (χ4v) is 3.07. The van der Waals surface area contributed by atoms with Crippen molar-refractivity contribution < 1.29 is 9.53 Å². The number of aromatic amines is 1. The minimum Gasteiger partial charge on any atom is -0.469 e. The van der Waals surface area contributed by atoms with Gasteiger partial charge < -0.3 is 9.72 Å². The Labute approximate surface area is 115 Å². The summed E-state index contributed by atoms with van der Waals surface area (Å²) in [5, 5.41) is 0. The molecule has 1 aromatic heterocycles. The number of aromatic nitrogens is 1. The van der Waals surface area contributed by atoms with E-state index in [-0.39, 0.29) is 5.97 Å². The molecular formula is C16H25NO2. The summed E-state index contributed by atoms with van der Waals surface area (Å²) >= 11 is 0. The molecule has 0 atom stereocenters. The number of hydrogen-bond acceptors (Lipinski definition) is 2. The maximum absolute atomic E-state index is 11.2. The van der Waals surface area contributed by atoms with Crippen LogP contribution in [0.15, 0.2) is 12.3 Å². The molecule has 1 saturated carbocycles. The first-order valence-electron chi connectivity index (χ1n) is 7.51. The summed E-state index contributed by atoms with van der Waals surface area (Å²) in [5.74, 6) is 0.782. The molecule has 106 valence electrons. The Hall–Kier alpha value is -1.25. The zero-order valence-electron chi connectivity index (χ0n) is 11.9. The predicted octanol–water partition coefficient (Wildman–Crippen LogP) is 3.63. The van der Waals surface area contributed by atoms with Crippen molar-refractivity contribution in [2.45, 2.75) is 57.8 Å². The van der Waals surface area contributed by atoms with Crippen LogP contribution in [-0.2, 0) is 22.4 Å². The van der Waals surface area contributed by atoms with E-state index in [0.29, 0.717) is 6.42 Å². The number of esters is 1. The molecule has 1 aliphatic carbocycles. The van der Waals surface area contributed by atoms with Crippen LogP contribution in [0.2, 0.25) is 0 Å². The van der Waals surface area contributed by atoms with Crippen LogP contribution in [-0.4, -0.2) is 18.1 Å². The highest BCUT2D eigenvalue weighted by Gasteiger charge is 2.14. The van der Waals surface area contributed by atoms with Gasteiger partial charge in [0.1, 0.15) is 0 Å². The van der Waals surface area contributed by atoms with Crippen molar-refractivity contribution in [2.24, 2.45) is 5.92 Å². The molecule has 0 bridgehead atoms. The van der Waals surface area contributed by atoms with E-state index in [1.807, 2.05) is 6.20 Å². The Morgan fingerprint density at radius 3 is 2.84 bits per heavy atom. The standard InChI is InChI=1S/C16H25NO2/c1-19-16(18)10-9-15-14(11-12-17-15)8-7-13-5-3-2-4-6-13/h11-13,17H,2-10H2,1H3. The third kappa shape index (κ3) is 4.41. The van der Waals surface area contributed by atoms with Crippen LogP contribution < -0.4 is 0 Å². The van der Waals surface area contributed by atoms with Gasteiger partial charge in [-0.05, 0) is 36.8 Å². The zero-order chi connectivity index (χ0) is 13.5. The van der Waals surface area contributed by atoms with Crippen molar-refractivity contribution in [2.75, 3.05) is 7.11 Å². The molecule has 1 N–H and O–H groups in total. The van der Waals surface area contributed by atoms with Crippen molar-refractivity contribution in [1.82, 2.24) is 4.98 Å². The highest BCUT2D eigenvalue weighted by molar-refractivity contribution is 5.69. The summed E-state index contributed by atoms with van der Waals surface area (Å²) in [7, 11) is 1.45. The molecule has 2 rings (SSSR count). The van der Waals surface area contributed by atoms with Crippen LogP contribution >= 0.6 is 0 Å². The maximum Gasteiger partial charge on any atom is 0.305 e. The molecule has 3 nitrogen and oxygen atoms in total. The van der Waals surface area contributed by atoms with Gasteiger partial charge in [-0.15, -0.1) is 0 Å². The Kier molecular flexibility index (Phi) is 5.49. The minimum absolute atomic E-state index is 0.132. The number of carbonyl (C=O) groups excluding carboxylic acids is 1. The summed E-state index contributed by atoms with van der Waals surface area (Å²) in [5.41, 5.74) is 2.59. The number of hydrogen-bond donors (Lipinski definition) is 1. The zero-order valence-corrected chi connectivity index (χ0v) is 11.9. The molecule has 0 amide bonds. The van der Waals surface area contributed by atoms with Crippen molar-refractivity contribution in [1.29, 1.82) is 0 Å². The molecule has 1 aliphatic rings. The van der Waals surface area contributed by atoms with Gasteiger partial charge in [0.25, 0.3) is 0 Å². The van der Waals surface area contributed by atoms with E-state index < -0.39 is 0 Å². The van der Waals surface area contributed by atoms with Crippen LogP contribution in [0, 0.1) is 5.92 Å². The van der Waals surface area contributed by atoms with Crippen molar-refractivity contribution in [3.8, 4) is 0 Å². The van der Waals surface area contributed by atoms with Gasteiger partial charge >= 0.3 is 5.97 Å². The number of methoxy groups -OCH3 is 1. The van der Waals surface area contributed by atoms with E-state index in [4.69, 9.17) is 4.74 Å². The minimum atomic E-state index is -0.132. The van der Waals surface area contributed by atoms with E-state index in [1.54, 1.807) is 0 Å². The maximum atomic E-state index is 11.2. The SMILES string of the molecule is COC(=O)CCc1[nH]ccc1CCC1CCCCC1. The number of H-pyrrole nitrogens is 1. The second-order valence-electron chi connectivity index (χ2n) is 5.60. The van der Waals surface area contributed by atoms with Crippen molar-refractivity contribution in [3.63, 3.8) is 0 Å². The first kappa shape index (κ1) is 14.2. The third-order valence-electron chi connectivity index (χ3n) is 4.28. The number of ether oxygens (including phenoxy) is 1. The molecular weight excluding hydrogens is 238 g/mol. The number of nitrogens with one attached hydrogen (secondary N) is 1. The van der Waals surface area contributed by atoms with Gasteiger partial charge in [-0.2, -0.15) is 0 Å². The third-order valence-corrected chi connectivity index (χ3v) is 4.28. The number of carbonyl (C=O) groups is 1. The van der Waals surface area contributed by atoms with Crippen LogP contribution in [0.25, 0.3) is 0 Å².